The van der Waals surface area contributed by atoms with Crippen molar-refractivity contribution >= 4 is 27.5 Å². The Hall–Kier alpha value is -2.37. The summed E-state index contributed by atoms with van der Waals surface area (Å²) < 4.78 is 5.47. The summed E-state index contributed by atoms with van der Waals surface area (Å²) >= 11 is 0. The van der Waals surface area contributed by atoms with Crippen molar-refractivity contribution in [2.75, 3.05) is 31.8 Å². The van der Waals surface area contributed by atoms with E-state index < -0.39 is 0 Å². The number of hydrazine groups is 1. The zero-order valence-corrected chi connectivity index (χ0v) is 18.4. The molecule has 2 N–H and O–H groups in total. The van der Waals surface area contributed by atoms with Crippen molar-refractivity contribution < 1.29 is 4.74 Å². The number of nitrogens with two attached hydrogens (primary N) is 1. The molecule has 1 atom stereocenters. The van der Waals surface area contributed by atoms with Gasteiger partial charge in [0.15, 0.2) is 0 Å². The molecule has 156 valence electrons. The first kappa shape index (κ1) is 21.3. The Morgan fingerprint density at radius 2 is 1.79 bits per heavy atom. The lowest BCUT2D eigenvalue weighted by atomic mass is 10.0. The Bertz CT molecular complexity index is 968. The van der Waals surface area contributed by atoms with Gasteiger partial charge in [-0.05, 0) is 76.2 Å². The van der Waals surface area contributed by atoms with E-state index in [2.05, 4.69) is 50.8 Å². The highest BCUT2D eigenvalue weighted by molar-refractivity contribution is 6.08. The maximum atomic E-state index is 6.73. The zero-order chi connectivity index (χ0) is 21.0. The zero-order valence-electron chi connectivity index (χ0n) is 18.4. The minimum Gasteiger partial charge on any atom is -0.497 e. The molecular weight excluding hydrogens is 360 g/mol. The molecule has 1 aromatic heterocycles. The van der Waals surface area contributed by atoms with Gasteiger partial charge in [-0.1, -0.05) is 26.0 Å². The number of hydrogen-bond donors (Lipinski definition) is 1. The monoisotopic (exact) mass is 394 g/mol. The van der Waals surface area contributed by atoms with Crippen molar-refractivity contribution in [3.8, 4) is 5.75 Å². The minimum atomic E-state index is 0.215. The van der Waals surface area contributed by atoms with E-state index in [-0.39, 0.29) is 6.04 Å². The van der Waals surface area contributed by atoms with E-state index in [9.17, 15) is 0 Å². The maximum absolute atomic E-state index is 6.73. The highest BCUT2D eigenvalue weighted by Gasteiger charge is 2.19. The SMILES string of the molecule is CCN(CC)CCCC(C)N(N)c1c2ccc(C)cc2nc2ccc(OC)cc12. The Morgan fingerprint density at radius 1 is 1.03 bits per heavy atom. The van der Waals surface area contributed by atoms with E-state index in [1.165, 1.54) is 5.56 Å². The smallest absolute Gasteiger partial charge is 0.119 e. The molecule has 0 fully saturated rings. The second-order valence-corrected chi connectivity index (χ2v) is 7.79. The molecule has 3 rings (SSSR count). The van der Waals surface area contributed by atoms with Gasteiger partial charge in [0, 0.05) is 16.8 Å². The quantitative estimate of drug-likeness (QED) is 0.318. The predicted molar refractivity (Wildman–Crippen MR) is 124 cm³/mol. The summed E-state index contributed by atoms with van der Waals surface area (Å²) in [6.07, 6.45) is 2.16. The van der Waals surface area contributed by atoms with Gasteiger partial charge in [0.25, 0.3) is 0 Å². The Labute approximate surface area is 174 Å². The third-order valence-electron chi connectivity index (χ3n) is 5.83. The molecule has 0 saturated heterocycles. The largest absolute Gasteiger partial charge is 0.497 e. The predicted octanol–water partition coefficient (Wildman–Crippen LogP) is 4.90. The molecule has 2 aromatic carbocycles. The molecule has 0 amide bonds. The average Bonchev–Trinajstić information content (AvgIpc) is 2.74. The van der Waals surface area contributed by atoms with Crippen LogP contribution in [0.1, 0.15) is 39.2 Å². The van der Waals surface area contributed by atoms with Crippen molar-refractivity contribution in [2.45, 2.75) is 46.6 Å². The van der Waals surface area contributed by atoms with Crippen molar-refractivity contribution in [3.05, 3.63) is 42.0 Å². The molecule has 29 heavy (non-hydrogen) atoms. The van der Waals surface area contributed by atoms with Crippen molar-refractivity contribution in [3.63, 3.8) is 0 Å². The van der Waals surface area contributed by atoms with E-state index in [0.29, 0.717) is 0 Å². The van der Waals surface area contributed by atoms with Crippen LogP contribution >= 0.6 is 0 Å². The number of pyridine rings is 1. The standard InChI is InChI=1S/C24H34N4O/c1-6-27(7-2)14-8-9-18(4)28(25)24-20-12-10-17(3)15-23(20)26-22-13-11-19(29-5)16-21(22)24/h10-13,15-16,18H,6-9,14,25H2,1-5H3. The van der Waals surface area contributed by atoms with Gasteiger partial charge >= 0.3 is 0 Å². The van der Waals surface area contributed by atoms with Crippen molar-refractivity contribution in [2.24, 2.45) is 5.84 Å². The third-order valence-corrected chi connectivity index (χ3v) is 5.83. The van der Waals surface area contributed by atoms with Gasteiger partial charge in [-0.25, -0.2) is 10.8 Å². The Kier molecular flexibility index (Phi) is 6.93. The number of aryl methyl sites for hydroxylation is 1. The van der Waals surface area contributed by atoms with Crippen LogP contribution in [0, 0.1) is 6.92 Å². The van der Waals surface area contributed by atoms with Crippen LogP contribution in [0.4, 0.5) is 5.69 Å². The Morgan fingerprint density at radius 3 is 2.48 bits per heavy atom. The Balaban J connectivity index is 2.00. The van der Waals surface area contributed by atoms with Crippen LogP contribution in [-0.2, 0) is 0 Å². The molecule has 0 aliphatic heterocycles. The molecule has 1 heterocycles. The first-order chi connectivity index (χ1) is 14.0. The highest BCUT2D eigenvalue weighted by atomic mass is 16.5. The lowest BCUT2D eigenvalue weighted by Crippen LogP contribution is -2.40. The fourth-order valence-electron chi connectivity index (χ4n) is 3.93. The van der Waals surface area contributed by atoms with E-state index in [1.54, 1.807) is 7.11 Å². The molecule has 0 aliphatic carbocycles. The number of aromatic nitrogens is 1. The number of rotatable bonds is 9. The van der Waals surface area contributed by atoms with Crippen LogP contribution in [-0.4, -0.2) is 42.7 Å². The summed E-state index contributed by atoms with van der Waals surface area (Å²) in [6, 6.07) is 12.6. The summed E-state index contributed by atoms with van der Waals surface area (Å²) in [5.74, 6) is 7.55. The number of anilines is 1. The fraction of sp³-hybridized carbons (Fsp3) is 0.458. The first-order valence-corrected chi connectivity index (χ1v) is 10.6. The molecule has 0 saturated carbocycles. The summed E-state index contributed by atoms with van der Waals surface area (Å²) in [5.41, 5.74) is 4.13. The topological polar surface area (TPSA) is 54.6 Å². The van der Waals surface area contributed by atoms with Crippen LogP contribution in [0.3, 0.4) is 0 Å². The van der Waals surface area contributed by atoms with Crippen LogP contribution in [0.15, 0.2) is 36.4 Å². The van der Waals surface area contributed by atoms with Gasteiger partial charge in [-0.15, -0.1) is 0 Å². The molecule has 0 bridgehead atoms. The number of ether oxygens (including phenoxy) is 1. The summed E-state index contributed by atoms with van der Waals surface area (Å²) in [6.45, 7) is 12.0. The van der Waals surface area contributed by atoms with Crippen LogP contribution in [0.5, 0.6) is 5.75 Å². The molecule has 0 spiro atoms. The van der Waals surface area contributed by atoms with Gasteiger partial charge < -0.3 is 14.6 Å². The lowest BCUT2D eigenvalue weighted by molar-refractivity contribution is 0.293. The van der Waals surface area contributed by atoms with E-state index in [4.69, 9.17) is 15.6 Å². The summed E-state index contributed by atoms with van der Waals surface area (Å²) in [4.78, 5) is 7.34. The maximum Gasteiger partial charge on any atom is 0.119 e. The molecule has 5 nitrogen and oxygen atoms in total. The van der Waals surface area contributed by atoms with Crippen LogP contribution < -0.4 is 15.6 Å². The lowest BCUT2D eigenvalue weighted by Gasteiger charge is -2.29. The molecule has 3 aromatic rings. The third kappa shape index (κ3) is 4.62. The number of benzene rings is 2. The molecule has 0 aliphatic rings. The van der Waals surface area contributed by atoms with E-state index >= 15 is 0 Å². The number of fused-ring (bicyclic) bond motifs is 2. The summed E-state index contributed by atoms with van der Waals surface area (Å²) in [5, 5.41) is 4.04. The second kappa shape index (κ2) is 9.42. The van der Waals surface area contributed by atoms with E-state index in [0.717, 1.165) is 65.7 Å². The highest BCUT2D eigenvalue weighted by Crippen LogP contribution is 2.36. The van der Waals surface area contributed by atoms with Gasteiger partial charge in [-0.2, -0.15) is 0 Å². The van der Waals surface area contributed by atoms with Crippen LogP contribution in [0.2, 0.25) is 0 Å². The van der Waals surface area contributed by atoms with Gasteiger partial charge in [0.05, 0.1) is 23.8 Å². The molecule has 0 radical (unpaired) electrons. The fourth-order valence-corrected chi connectivity index (χ4v) is 3.93. The number of nitrogens with zero attached hydrogens (tertiary/aromatic N) is 3. The van der Waals surface area contributed by atoms with Gasteiger partial charge in [0.2, 0.25) is 0 Å². The minimum absolute atomic E-state index is 0.215. The van der Waals surface area contributed by atoms with Crippen molar-refractivity contribution in [1.29, 1.82) is 0 Å². The molecule has 5 heteroatoms. The van der Waals surface area contributed by atoms with Crippen molar-refractivity contribution in [1.82, 2.24) is 9.88 Å². The first-order valence-electron chi connectivity index (χ1n) is 10.6. The number of methoxy groups -OCH3 is 1. The van der Waals surface area contributed by atoms with Gasteiger partial charge in [0.1, 0.15) is 5.75 Å². The van der Waals surface area contributed by atoms with Gasteiger partial charge in [-0.3, -0.25) is 0 Å². The number of hydrogen-bond acceptors (Lipinski definition) is 5. The van der Waals surface area contributed by atoms with Crippen LogP contribution in [0.25, 0.3) is 21.8 Å². The second-order valence-electron chi connectivity index (χ2n) is 7.79. The normalized spacial score (nSPS) is 12.7. The molecule has 1 unspecified atom stereocenters. The van der Waals surface area contributed by atoms with E-state index in [1.807, 2.05) is 23.2 Å². The average molecular weight is 395 g/mol. The summed E-state index contributed by atoms with van der Waals surface area (Å²) in [7, 11) is 1.69. The molecular formula is C24H34N4O.